The molecular weight excluding hydrogens is 340 g/mol. The third-order valence-corrected chi connectivity index (χ3v) is 0. The van der Waals surface area contributed by atoms with Crippen LogP contribution in [0.15, 0.2) is 0 Å². The molecule has 0 aromatic carbocycles. The minimum absolute atomic E-state index is 0. The average molecular weight is 340 g/mol. The topological polar surface area (TPSA) is 28.5 Å². The minimum atomic E-state index is 0. The Kier molecular flexibility index (Phi) is 166. The molecule has 0 fully saturated rings. The van der Waals surface area contributed by atoms with Crippen molar-refractivity contribution in [3.8, 4) is 0 Å². The molecule has 0 heterocycles. The predicted octanol–water partition coefficient (Wildman–Crippen LogP) is -0.126. The van der Waals surface area contributed by atoms with E-state index in [-0.39, 0.29) is 72.6 Å². The molecule has 0 saturated heterocycles. The fraction of sp³-hybridized carbons (Fsp3) is 0. The first-order valence-corrected chi connectivity index (χ1v) is 0. The van der Waals surface area contributed by atoms with Crippen molar-refractivity contribution in [2.75, 3.05) is 0 Å². The zero-order valence-electron chi connectivity index (χ0n) is 1.31. The van der Waals surface area contributed by atoms with E-state index in [1.165, 1.54) is 0 Å². The molecule has 0 bridgehead atoms. The molecule has 0 rings (SSSR count). The normalized spacial score (nSPS) is 0. The van der Waals surface area contributed by atoms with Gasteiger partial charge in [0.25, 0.3) is 0 Å². The van der Waals surface area contributed by atoms with Crippen molar-refractivity contribution in [1.29, 1.82) is 0 Å². The standard InChI is InChI=1S/3Ag.O/q;2*+1;-2. The summed E-state index contributed by atoms with van der Waals surface area (Å²) in [4.78, 5) is 0. The Hall–Kier alpha value is 2.18. The van der Waals surface area contributed by atoms with Crippen molar-refractivity contribution >= 4 is 0 Å². The van der Waals surface area contributed by atoms with Crippen LogP contribution in [0.5, 0.6) is 0 Å². The average Bonchev–Trinajstić information content (AvgIpc) is 0. The summed E-state index contributed by atoms with van der Waals surface area (Å²) in [6.45, 7) is 0. The first-order chi connectivity index (χ1) is 0. The van der Waals surface area contributed by atoms with Gasteiger partial charge in [-0.3, -0.25) is 0 Å². The first-order valence-electron chi connectivity index (χ1n) is 0. The van der Waals surface area contributed by atoms with Gasteiger partial charge in [0, 0.05) is 22.4 Å². The van der Waals surface area contributed by atoms with Crippen molar-refractivity contribution in [3.05, 3.63) is 0 Å². The van der Waals surface area contributed by atoms with Crippen molar-refractivity contribution in [3.63, 3.8) is 0 Å². The van der Waals surface area contributed by atoms with Crippen molar-refractivity contribution in [2.45, 2.75) is 0 Å². The van der Waals surface area contributed by atoms with Crippen LogP contribution in [0.3, 0.4) is 0 Å². The Balaban J connectivity index is 0. The Morgan fingerprint density at radius 1 is 0.750 bits per heavy atom. The second-order valence-electron chi connectivity index (χ2n) is 0. The quantitative estimate of drug-likeness (QED) is 0.551. The van der Waals surface area contributed by atoms with E-state index in [0.717, 1.165) is 0 Å². The fourth-order valence-electron chi connectivity index (χ4n) is 0. The van der Waals surface area contributed by atoms with Crippen LogP contribution in [-0.2, 0) is 72.6 Å². The van der Waals surface area contributed by atoms with E-state index in [1.807, 2.05) is 0 Å². The van der Waals surface area contributed by atoms with E-state index in [1.54, 1.807) is 0 Å². The third-order valence-electron chi connectivity index (χ3n) is 0. The van der Waals surface area contributed by atoms with Gasteiger partial charge in [-0.1, -0.05) is 0 Å². The van der Waals surface area contributed by atoms with E-state index in [0.29, 0.717) is 0 Å². The second kappa shape index (κ2) is 19.0. The number of hydrogen-bond donors (Lipinski definition) is 0. The van der Waals surface area contributed by atoms with Gasteiger partial charge in [-0.15, -0.1) is 0 Å². The van der Waals surface area contributed by atoms with Gasteiger partial charge in [0.15, 0.2) is 0 Å². The first kappa shape index (κ1) is 34.9. The van der Waals surface area contributed by atoms with Crippen LogP contribution in [0, 0.1) is 0 Å². The zero-order valence-corrected chi connectivity index (χ0v) is 5.76. The van der Waals surface area contributed by atoms with E-state index >= 15 is 0 Å². The van der Waals surface area contributed by atoms with Gasteiger partial charge in [0.1, 0.15) is 0 Å². The summed E-state index contributed by atoms with van der Waals surface area (Å²) in [5, 5.41) is 0. The zero-order chi connectivity index (χ0) is 0. The van der Waals surface area contributed by atoms with Gasteiger partial charge in [-0.25, -0.2) is 0 Å². The molecule has 0 aliphatic heterocycles. The van der Waals surface area contributed by atoms with E-state index in [2.05, 4.69) is 0 Å². The summed E-state index contributed by atoms with van der Waals surface area (Å²) >= 11 is 0. The van der Waals surface area contributed by atoms with Crippen LogP contribution >= 0.6 is 0 Å². The van der Waals surface area contributed by atoms with Gasteiger partial charge in [-0.2, -0.15) is 0 Å². The van der Waals surface area contributed by atoms with Crippen LogP contribution in [0.1, 0.15) is 0 Å². The summed E-state index contributed by atoms with van der Waals surface area (Å²) in [5.41, 5.74) is 0. The molecule has 0 unspecified atom stereocenters. The van der Waals surface area contributed by atoms with E-state index in [9.17, 15) is 0 Å². The van der Waals surface area contributed by atoms with Crippen LogP contribution in [0.2, 0.25) is 0 Å². The molecule has 0 atom stereocenters. The fourth-order valence-corrected chi connectivity index (χ4v) is 0. The van der Waals surface area contributed by atoms with Gasteiger partial charge < -0.3 is 5.48 Å². The second-order valence-corrected chi connectivity index (χ2v) is 0. The Labute approximate surface area is 71.7 Å². The summed E-state index contributed by atoms with van der Waals surface area (Å²) in [5.74, 6) is 0. The van der Waals surface area contributed by atoms with Crippen molar-refractivity contribution in [1.82, 2.24) is 0 Å². The largest absolute Gasteiger partial charge is 2.00 e. The maximum atomic E-state index is 0. The Morgan fingerprint density at radius 2 is 0.750 bits per heavy atom. The predicted molar refractivity (Wildman–Crippen MR) is 0.686 cm³/mol. The molecule has 0 aliphatic carbocycles. The minimum Gasteiger partial charge on any atom is -2.00 e. The molecule has 4 heavy (non-hydrogen) atoms. The number of hydrogen-bond acceptors (Lipinski definition) is 0. The van der Waals surface area contributed by atoms with Crippen molar-refractivity contribution < 1.29 is 72.6 Å². The molecule has 0 aromatic heterocycles. The smallest absolute Gasteiger partial charge is 1.00 e. The van der Waals surface area contributed by atoms with Gasteiger partial charge in [0.05, 0.1) is 0 Å². The summed E-state index contributed by atoms with van der Waals surface area (Å²) in [6.07, 6.45) is 0. The van der Waals surface area contributed by atoms with E-state index in [4.69, 9.17) is 0 Å². The molecule has 0 aliphatic rings. The monoisotopic (exact) mass is 337 g/mol. The summed E-state index contributed by atoms with van der Waals surface area (Å²) < 4.78 is 0. The SMILES string of the molecule is [Ag+].[Ag+].[Ag].[O-2]. The molecular formula is Ag3O. The molecule has 0 amide bonds. The van der Waals surface area contributed by atoms with Crippen LogP contribution in [0.25, 0.3) is 0 Å². The summed E-state index contributed by atoms with van der Waals surface area (Å²) in [7, 11) is 0. The van der Waals surface area contributed by atoms with Crippen LogP contribution in [-0.4, -0.2) is 0 Å². The Bertz CT molecular complexity index is 3.25. The molecule has 4 heteroatoms. The van der Waals surface area contributed by atoms with Crippen LogP contribution < -0.4 is 0 Å². The van der Waals surface area contributed by atoms with Gasteiger partial charge in [-0.05, 0) is 0 Å². The summed E-state index contributed by atoms with van der Waals surface area (Å²) in [6, 6.07) is 0. The molecule has 0 aromatic rings. The Morgan fingerprint density at radius 3 is 0.750 bits per heavy atom. The van der Waals surface area contributed by atoms with Gasteiger partial charge in [0.2, 0.25) is 0 Å². The molecule has 0 spiro atoms. The molecule has 1 radical (unpaired) electrons. The maximum Gasteiger partial charge on any atom is 1.00 e. The van der Waals surface area contributed by atoms with E-state index < -0.39 is 0 Å². The molecule has 0 saturated carbocycles. The number of rotatable bonds is 0. The van der Waals surface area contributed by atoms with Gasteiger partial charge >= 0.3 is 44.8 Å². The van der Waals surface area contributed by atoms with Crippen LogP contribution in [0.4, 0.5) is 0 Å². The molecule has 1 nitrogen and oxygen atoms in total. The third kappa shape index (κ3) is 8.89. The maximum absolute atomic E-state index is 0. The van der Waals surface area contributed by atoms with Crippen molar-refractivity contribution in [2.24, 2.45) is 0 Å². The molecule has 0 N–H and O–H groups in total. The molecule has 39 valence electrons.